The zero-order chi connectivity index (χ0) is 17.1. The predicted molar refractivity (Wildman–Crippen MR) is 97.5 cm³/mol. The van der Waals surface area contributed by atoms with Crippen LogP contribution in [-0.2, 0) is 11.3 Å². The number of anilines is 2. The smallest absolute Gasteiger partial charge is 0.0945 e. The second-order valence-electron chi connectivity index (χ2n) is 5.11. The van der Waals surface area contributed by atoms with E-state index in [1.54, 1.807) is 0 Å². The summed E-state index contributed by atoms with van der Waals surface area (Å²) in [6.07, 6.45) is -0.550. The van der Waals surface area contributed by atoms with Crippen molar-refractivity contribution in [3.8, 4) is 0 Å². The van der Waals surface area contributed by atoms with Gasteiger partial charge in [-0.3, -0.25) is 0 Å². The van der Waals surface area contributed by atoms with Gasteiger partial charge in [0.05, 0.1) is 19.3 Å². The van der Waals surface area contributed by atoms with Crippen molar-refractivity contribution in [3.05, 3.63) is 59.7 Å². The van der Waals surface area contributed by atoms with Crippen molar-refractivity contribution in [3.63, 3.8) is 0 Å². The van der Waals surface area contributed by atoms with Gasteiger partial charge >= 0.3 is 0 Å². The minimum Gasteiger partial charge on any atom is -0.399 e. The Balaban J connectivity index is 0.00000127. The van der Waals surface area contributed by atoms with Crippen molar-refractivity contribution in [2.45, 2.75) is 33.5 Å². The van der Waals surface area contributed by atoms with Gasteiger partial charge in [-0.1, -0.05) is 44.2 Å². The first-order valence-corrected chi connectivity index (χ1v) is 8.05. The molecule has 0 aliphatic carbocycles. The third-order valence-corrected chi connectivity index (χ3v) is 3.20. The van der Waals surface area contributed by atoms with Crippen molar-refractivity contribution < 1.29 is 9.84 Å². The van der Waals surface area contributed by atoms with E-state index < -0.39 is 6.10 Å². The van der Waals surface area contributed by atoms with E-state index in [1.807, 2.05) is 69.3 Å². The average Bonchev–Trinajstić information content (AvgIpc) is 2.57. The summed E-state index contributed by atoms with van der Waals surface area (Å²) in [7, 11) is 0. The molecule has 4 heteroatoms. The molecule has 2 aromatic rings. The van der Waals surface area contributed by atoms with Crippen LogP contribution in [-0.4, -0.2) is 24.4 Å². The van der Waals surface area contributed by atoms with Crippen LogP contribution in [0.4, 0.5) is 11.4 Å². The Morgan fingerprint density at radius 2 is 1.83 bits per heavy atom. The van der Waals surface area contributed by atoms with Crippen LogP contribution in [0.2, 0.25) is 0 Å². The molecule has 1 atom stereocenters. The van der Waals surface area contributed by atoms with Gasteiger partial charge in [-0.05, 0) is 36.2 Å². The van der Waals surface area contributed by atoms with E-state index in [-0.39, 0.29) is 0 Å². The molecule has 4 N–H and O–H groups in total. The van der Waals surface area contributed by atoms with Gasteiger partial charge in [-0.2, -0.15) is 0 Å². The van der Waals surface area contributed by atoms with Gasteiger partial charge in [0.1, 0.15) is 0 Å². The Labute approximate surface area is 139 Å². The third-order valence-electron chi connectivity index (χ3n) is 3.20. The maximum absolute atomic E-state index is 9.92. The topological polar surface area (TPSA) is 67.5 Å². The second-order valence-corrected chi connectivity index (χ2v) is 5.11. The number of nitrogens with two attached hydrogens (primary N) is 1. The quantitative estimate of drug-likeness (QED) is 0.683. The zero-order valence-corrected chi connectivity index (χ0v) is 14.3. The fourth-order valence-electron chi connectivity index (χ4n) is 2.06. The molecule has 2 aromatic carbocycles. The van der Waals surface area contributed by atoms with Crippen molar-refractivity contribution in [1.82, 2.24) is 0 Å². The summed E-state index contributed by atoms with van der Waals surface area (Å²) in [4.78, 5) is 0. The minimum atomic E-state index is -0.550. The SMILES string of the molecule is CC.Cc1cc(N)ccc1NCC(O)COCc1ccccc1. The molecule has 0 saturated heterocycles. The first kappa shape index (κ1) is 19.0. The molecule has 0 aliphatic rings. The van der Waals surface area contributed by atoms with Gasteiger partial charge in [-0.25, -0.2) is 0 Å². The molecule has 0 saturated carbocycles. The molecule has 0 aromatic heterocycles. The number of aliphatic hydroxyl groups excluding tert-OH is 1. The Hall–Kier alpha value is -2.04. The maximum Gasteiger partial charge on any atom is 0.0945 e. The lowest BCUT2D eigenvalue weighted by Crippen LogP contribution is -2.25. The van der Waals surface area contributed by atoms with Crippen LogP contribution in [0.15, 0.2) is 48.5 Å². The number of hydrogen-bond donors (Lipinski definition) is 3. The van der Waals surface area contributed by atoms with Gasteiger partial charge in [-0.15, -0.1) is 0 Å². The monoisotopic (exact) mass is 316 g/mol. The van der Waals surface area contributed by atoms with Gasteiger partial charge in [0.2, 0.25) is 0 Å². The Morgan fingerprint density at radius 3 is 2.48 bits per heavy atom. The first-order chi connectivity index (χ1) is 11.1. The van der Waals surface area contributed by atoms with Crippen LogP contribution in [0, 0.1) is 6.92 Å². The summed E-state index contributed by atoms with van der Waals surface area (Å²) < 4.78 is 5.51. The van der Waals surface area contributed by atoms with Crippen molar-refractivity contribution in [2.24, 2.45) is 0 Å². The standard InChI is InChI=1S/C17H22N2O2.C2H6/c1-13-9-15(18)7-8-17(13)19-10-16(20)12-21-11-14-5-3-2-4-6-14;1-2/h2-9,16,19-20H,10-12,18H2,1H3;1-2H3. The Bertz CT molecular complexity index is 559. The second kappa shape index (κ2) is 10.6. The molecule has 0 amide bonds. The summed E-state index contributed by atoms with van der Waals surface area (Å²) in [6.45, 7) is 7.24. The fraction of sp³-hybridized carbons (Fsp3) is 0.368. The van der Waals surface area contributed by atoms with Crippen molar-refractivity contribution in [1.29, 1.82) is 0 Å². The van der Waals surface area contributed by atoms with Crippen LogP contribution >= 0.6 is 0 Å². The predicted octanol–water partition coefficient (Wildman–Crippen LogP) is 3.59. The maximum atomic E-state index is 9.92. The molecular weight excluding hydrogens is 288 g/mol. The molecule has 0 radical (unpaired) electrons. The number of nitrogen functional groups attached to an aromatic ring is 1. The number of ether oxygens (including phenoxy) is 1. The lowest BCUT2D eigenvalue weighted by molar-refractivity contribution is 0.0348. The highest BCUT2D eigenvalue weighted by atomic mass is 16.5. The van der Waals surface area contributed by atoms with Crippen LogP contribution in [0.25, 0.3) is 0 Å². The lowest BCUT2D eigenvalue weighted by Gasteiger charge is -2.15. The van der Waals surface area contributed by atoms with E-state index >= 15 is 0 Å². The average molecular weight is 316 g/mol. The van der Waals surface area contributed by atoms with Crippen molar-refractivity contribution in [2.75, 3.05) is 24.2 Å². The highest BCUT2D eigenvalue weighted by molar-refractivity contribution is 5.57. The van der Waals surface area contributed by atoms with Gasteiger partial charge in [0, 0.05) is 17.9 Å². The third kappa shape index (κ3) is 7.17. The number of aliphatic hydroxyl groups is 1. The van der Waals surface area contributed by atoms with Crippen LogP contribution in [0.1, 0.15) is 25.0 Å². The number of aryl methyl sites for hydroxylation is 1. The van der Waals surface area contributed by atoms with Crippen LogP contribution < -0.4 is 11.1 Å². The molecule has 0 spiro atoms. The Morgan fingerprint density at radius 1 is 1.13 bits per heavy atom. The molecule has 2 rings (SSSR count). The van der Waals surface area contributed by atoms with E-state index in [9.17, 15) is 5.11 Å². The van der Waals surface area contributed by atoms with Crippen molar-refractivity contribution >= 4 is 11.4 Å². The molecule has 4 nitrogen and oxygen atoms in total. The molecule has 23 heavy (non-hydrogen) atoms. The number of benzene rings is 2. The number of nitrogens with one attached hydrogen (secondary N) is 1. The van der Waals surface area contributed by atoms with Gasteiger partial charge < -0.3 is 20.9 Å². The van der Waals surface area contributed by atoms with Crippen LogP contribution in [0.3, 0.4) is 0 Å². The first-order valence-electron chi connectivity index (χ1n) is 8.05. The Kier molecular flexibility index (Phi) is 8.80. The molecule has 0 heterocycles. The number of hydrogen-bond acceptors (Lipinski definition) is 4. The molecule has 1 unspecified atom stereocenters. The summed E-state index contributed by atoms with van der Waals surface area (Å²) >= 11 is 0. The fourth-order valence-corrected chi connectivity index (χ4v) is 2.06. The largest absolute Gasteiger partial charge is 0.399 e. The van der Waals surface area contributed by atoms with Crippen LogP contribution in [0.5, 0.6) is 0 Å². The van der Waals surface area contributed by atoms with E-state index in [0.717, 1.165) is 22.5 Å². The molecule has 0 aliphatic heterocycles. The van der Waals surface area contributed by atoms with E-state index in [0.29, 0.717) is 19.8 Å². The summed E-state index contributed by atoms with van der Waals surface area (Å²) in [5, 5.41) is 13.1. The minimum absolute atomic E-state index is 0.302. The highest BCUT2D eigenvalue weighted by Crippen LogP contribution is 2.17. The molecule has 126 valence electrons. The van der Waals surface area contributed by atoms with Gasteiger partial charge in [0.25, 0.3) is 0 Å². The lowest BCUT2D eigenvalue weighted by atomic mass is 10.2. The van der Waals surface area contributed by atoms with E-state index in [4.69, 9.17) is 10.5 Å². The molecule has 0 fully saturated rings. The molecular formula is C19H28N2O2. The summed E-state index contributed by atoms with van der Waals surface area (Å²) in [5.41, 5.74) is 9.59. The number of rotatable bonds is 7. The highest BCUT2D eigenvalue weighted by Gasteiger charge is 2.06. The summed E-state index contributed by atoms with van der Waals surface area (Å²) in [5.74, 6) is 0. The normalized spacial score (nSPS) is 11.3. The van der Waals surface area contributed by atoms with E-state index in [1.165, 1.54) is 0 Å². The summed E-state index contributed by atoms with van der Waals surface area (Å²) in [6, 6.07) is 15.6. The van der Waals surface area contributed by atoms with Gasteiger partial charge in [0.15, 0.2) is 0 Å². The van der Waals surface area contributed by atoms with E-state index in [2.05, 4.69) is 5.32 Å². The zero-order valence-electron chi connectivity index (χ0n) is 14.3. The molecule has 0 bridgehead atoms.